The van der Waals surface area contributed by atoms with Crippen LogP contribution in [0.1, 0.15) is 37.5 Å². The Balaban J connectivity index is 2.16. The second-order valence-corrected chi connectivity index (χ2v) is 6.79. The van der Waals surface area contributed by atoms with E-state index in [4.69, 9.17) is 0 Å². The number of rotatable bonds is 1. The lowest BCUT2D eigenvalue weighted by Gasteiger charge is -2.20. The number of hydrogen-bond donors (Lipinski definition) is 0. The van der Waals surface area contributed by atoms with Gasteiger partial charge in [-0.3, -0.25) is 0 Å². The molecule has 3 nitrogen and oxygen atoms in total. The molecule has 1 heterocycles. The smallest absolute Gasteiger partial charge is 0.113 e. The van der Waals surface area contributed by atoms with Crippen molar-refractivity contribution in [2.75, 3.05) is 0 Å². The van der Waals surface area contributed by atoms with Gasteiger partial charge in [-0.2, -0.15) is 4.80 Å². The van der Waals surface area contributed by atoms with E-state index < -0.39 is 0 Å². The Morgan fingerprint density at radius 1 is 0.810 bits per heavy atom. The van der Waals surface area contributed by atoms with Crippen LogP contribution in [0.25, 0.3) is 16.7 Å². The van der Waals surface area contributed by atoms with Crippen LogP contribution in [0.3, 0.4) is 0 Å². The van der Waals surface area contributed by atoms with Gasteiger partial charge in [0, 0.05) is 0 Å². The molecule has 0 saturated carbocycles. The predicted octanol–water partition coefficient (Wildman–Crippen LogP) is 4.33. The first-order chi connectivity index (χ1) is 9.83. The van der Waals surface area contributed by atoms with Crippen LogP contribution in [0, 0.1) is 13.8 Å². The summed E-state index contributed by atoms with van der Waals surface area (Å²) < 4.78 is 0. The van der Waals surface area contributed by atoms with Crippen molar-refractivity contribution in [2.45, 2.75) is 40.0 Å². The largest absolute Gasteiger partial charge is 0.150 e. The van der Waals surface area contributed by atoms with E-state index in [9.17, 15) is 0 Å². The summed E-state index contributed by atoms with van der Waals surface area (Å²) in [6, 6.07) is 12.7. The Hall–Kier alpha value is -2.16. The van der Waals surface area contributed by atoms with Gasteiger partial charge in [0.05, 0.1) is 5.69 Å². The average molecular weight is 279 g/mol. The van der Waals surface area contributed by atoms with Gasteiger partial charge in [0.1, 0.15) is 11.0 Å². The van der Waals surface area contributed by atoms with Crippen molar-refractivity contribution in [2.24, 2.45) is 0 Å². The fraction of sp³-hybridized carbons (Fsp3) is 0.333. The molecule has 0 radical (unpaired) electrons. The lowest BCUT2D eigenvalue weighted by molar-refractivity contribution is 0.588. The lowest BCUT2D eigenvalue weighted by atomic mass is 9.86. The lowest BCUT2D eigenvalue weighted by Crippen LogP contribution is -2.12. The molecule has 0 spiro atoms. The Bertz CT molecular complexity index is 807. The van der Waals surface area contributed by atoms with E-state index in [0.29, 0.717) is 0 Å². The molecule has 0 unspecified atom stereocenters. The van der Waals surface area contributed by atoms with E-state index in [0.717, 1.165) is 16.7 Å². The topological polar surface area (TPSA) is 30.7 Å². The molecule has 2 aromatic carbocycles. The molecule has 1 aromatic heterocycles. The van der Waals surface area contributed by atoms with Crippen molar-refractivity contribution in [3.05, 3.63) is 53.1 Å². The van der Waals surface area contributed by atoms with Gasteiger partial charge < -0.3 is 0 Å². The third-order valence-electron chi connectivity index (χ3n) is 3.69. The predicted molar refractivity (Wildman–Crippen MR) is 87.0 cm³/mol. The van der Waals surface area contributed by atoms with E-state index >= 15 is 0 Å². The van der Waals surface area contributed by atoms with E-state index in [-0.39, 0.29) is 5.41 Å². The Morgan fingerprint density at radius 3 is 2.24 bits per heavy atom. The van der Waals surface area contributed by atoms with Gasteiger partial charge in [-0.1, -0.05) is 32.9 Å². The highest BCUT2D eigenvalue weighted by Gasteiger charge is 2.16. The van der Waals surface area contributed by atoms with Crippen LogP contribution in [0.5, 0.6) is 0 Å². The fourth-order valence-electron chi connectivity index (χ4n) is 2.45. The normalized spacial score (nSPS) is 12.0. The van der Waals surface area contributed by atoms with Crippen molar-refractivity contribution in [3.8, 4) is 5.69 Å². The van der Waals surface area contributed by atoms with Crippen molar-refractivity contribution in [1.29, 1.82) is 0 Å². The van der Waals surface area contributed by atoms with Crippen LogP contribution in [-0.4, -0.2) is 15.0 Å². The number of aromatic nitrogens is 3. The highest BCUT2D eigenvalue weighted by atomic mass is 15.5. The monoisotopic (exact) mass is 279 g/mol. The maximum Gasteiger partial charge on any atom is 0.113 e. The minimum absolute atomic E-state index is 0.115. The number of hydrogen-bond acceptors (Lipinski definition) is 2. The summed E-state index contributed by atoms with van der Waals surface area (Å²) in [5.74, 6) is 0. The molecule has 108 valence electrons. The van der Waals surface area contributed by atoms with Crippen molar-refractivity contribution >= 4 is 11.0 Å². The van der Waals surface area contributed by atoms with Crippen LogP contribution in [-0.2, 0) is 5.41 Å². The SMILES string of the molecule is Cc1cc(-n2nc3ccc(C)cc3n2)cc(C(C)(C)C)c1. The van der Waals surface area contributed by atoms with E-state index in [2.05, 4.69) is 75.1 Å². The molecule has 0 fully saturated rings. The van der Waals surface area contributed by atoms with Gasteiger partial charge in [0.25, 0.3) is 0 Å². The molecule has 3 rings (SSSR count). The maximum absolute atomic E-state index is 4.61. The Kier molecular flexibility index (Phi) is 3.08. The summed E-state index contributed by atoms with van der Waals surface area (Å²) in [6.07, 6.45) is 0. The van der Waals surface area contributed by atoms with Crippen molar-refractivity contribution < 1.29 is 0 Å². The number of fused-ring (bicyclic) bond motifs is 1. The first kappa shape index (κ1) is 13.8. The summed E-state index contributed by atoms with van der Waals surface area (Å²) in [6.45, 7) is 10.9. The first-order valence-corrected chi connectivity index (χ1v) is 7.29. The van der Waals surface area contributed by atoms with E-state index in [1.54, 1.807) is 4.80 Å². The molecule has 0 atom stereocenters. The average Bonchev–Trinajstić information content (AvgIpc) is 2.80. The zero-order valence-electron chi connectivity index (χ0n) is 13.3. The summed E-state index contributed by atoms with van der Waals surface area (Å²) in [5, 5.41) is 9.21. The molecule has 0 aliphatic heterocycles. The maximum atomic E-state index is 4.61. The van der Waals surface area contributed by atoms with E-state index in [1.807, 2.05) is 6.07 Å². The van der Waals surface area contributed by atoms with Crippen LogP contribution in [0.2, 0.25) is 0 Å². The van der Waals surface area contributed by atoms with Crippen LogP contribution in [0.15, 0.2) is 36.4 Å². The minimum Gasteiger partial charge on any atom is -0.150 e. The molecule has 3 heteroatoms. The third-order valence-corrected chi connectivity index (χ3v) is 3.69. The van der Waals surface area contributed by atoms with Crippen molar-refractivity contribution in [1.82, 2.24) is 15.0 Å². The Labute approximate surface area is 125 Å². The van der Waals surface area contributed by atoms with Crippen molar-refractivity contribution in [3.63, 3.8) is 0 Å². The Morgan fingerprint density at radius 2 is 1.52 bits per heavy atom. The fourth-order valence-corrected chi connectivity index (χ4v) is 2.45. The van der Waals surface area contributed by atoms with Gasteiger partial charge >= 0.3 is 0 Å². The van der Waals surface area contributed by atoms with Crippen LogP contribution in [0.4, 0.5) is 0 Å². The highest BCUT2D eigenvalue weighted by molar-refractivity contribution is 5.74. The number of nitrogens with zero attached hydrogens (tertiary/aromatic N) is 3. The molecular weight excluding hydrogens is 258 g/mol. The number of aryl methyl sites for hydroxylation is 2. The molecule has 0 bridgehead atoms. The third kappa shape index (κ3) is 2.68. The van der Waals surface area contributed by atoms with Crippen LogP contribution >= 0.6 is 0 Å². The zero-order valence-corrected chi connectivity index (χ0v) is 13.3. The summed E-state index contributed by atoms with van der Waals surface area (Å²) in [7, 11) is 0. The van der Waals surface area contributed by atoms with Gasteiger partial charge in [0.2, 0.25) is 0 Å². The second kappa shape index (κ2) is 4.69. The minimum atomic E-state index is 0.115. The molecule has 0 aliphatic rings. The molecule has 3 aromatic rings. The first-order valence-electron chi connectivity index (χ1n) is 7.29. The standard InChI is InChI=1S/C18H21N3/c1-12-6-7-16-17(10-12)20-21(19-16)15-9-13(2)8-14(11-15)18(3,4)5/h6-11H,1-5H3. The number of benzene rings is 2. The molecule has 21 heavy (non-hydrogen) atoms. The molecule has 0 N–H and O–H groups in total. The van der Waals surface area contributed by atoms with E-state index in [1.165, 1.54) is 16.7 Å². The van der Waals surface area contributed by atoms with Gasteiger partial charge in [0.15, 0.2) is 0 Å². The molecular formula is C18H21N3. The molecule has 0 saturated heterocycles. The zero-order chi connectivity index (χ0) is 15.2. The summed E-state index contributed by atoms with van der Waals surface area (Å²) >= 11 is 0. The van der Waals surface area contributed by atoms with Gasteiger partial charge in [-0.25, -0.2) is 0 Å². The van der Waals surface area contributed by atoms with Gasteiger partial charge in [-0.15, -0.1) is 10.2 Å². The molecule has 0 amide bonds. The summed E-state index contributed by atoms with van der Waals surface area (Å²) in [4.78, 5) is 1.74. The summed E-state index contributed by atoms with van der Waals surface area (Å²) in [5.41, 5.74) is 6.74. The van der Waals surface area contributed by atoms with Crippen LogP contribution < -0.4 is 0 Å². The highest BCUT2D eigenvalue weighted by Crippen LogP contribution is 2.26. The molecule has 0 aliphatic carbocycles. The second-order valence-electron chi connectivity index (χ2n) is 6.79. The van der Waals surface area contributed by atoms with Gasteiger partial charge in [-0.05, 0) is 60.2 Å². The quantitative estimate of drug-likeness (QED) is 0.663.